The Balaban J connectivity index is 1.84. The molecule has 0 aromatic heterocycles. The van der Waals surface area contributed by atoms with Gasteiger partial charge < -0.3 is 50.0 Å². The van der Waals surface area contributed by atoms with Crippen LogP contribution in [0.3, 0.4) is 0 Å². The van der Waals surface area contributed by atoms with Crippen molar-refractivity contribution >= 4 is 5.97 Å². The van der Waals surface area contributed by atoms with Gasteiger partial charge in [0, 0.05) is 5.92 Å². The molecule has 0 spiro atoms. The quantitative estimate of drug-likeness (QED) is 0.233. The van der Waals surface area contributed by atoms with Gasteiger partial charge in [0.05, 0.1) is 31.0 Å². The van der Waals surface area contributed by atoms with E-state index in [0.717, 1.165) is 6.26 Å². The third-order valence-corrected chi connectivity index (χ3v) is 5.15. The van der Waals surface area contributed by atoms with Gasteiger partial charge in [-0.3, -0.25) is 0 Å². The molecule has 152 valence electrons. The van der Waals surface area contributed by atoms with E-state index >= 15 is 0 Å². The molecule has 0 aromatic rings. The van der Waals surface area contributed by atoms with E-state index in [9.17, 15) is 40.5 Å². The van der Waals surface area contributed by atoms with Crippen LogP contribution in [0.25, 0.3) is 0 Å². The van der Waals surface area contributed by atoms with Crippen molar-refractivity contribution in [2.24, 2.45) is 11.8 Å². The number of ether oxygens (including phenoxy) is 3. The fourth-order valence-electron chi connectivity index (χ4n) is 3.60. The Morgan fingerprint density at radius 1 is 1.15 bits per heavy atom. The van der Waals surface area contributed by atoms with Crippen LogP contribution in [0.1, 0.15) is 0 Å². The molecular formula is C16H22O11. The number of hydrogen-bond acceptors (Lipinski definition) is 10. The van der Waals surface area contributed by atoms with E-state index in [1.165, 1.54) is 12.2 Å². The molecule has 11 heteroatoms. The SMILES string of the molecule is O=C(O)C1=COC(OC2OC(CO)C(O)C(O)C2O)C2C1C=C[C@]2(O)CO. The average molecular weight is 390 g/mol. The lowest BCUT2D eigenvalue weighted by molar-refractivity contribution is -0.346. The maximum atomic E-state index is 11.4. The highest BCUT2D eigenvalue weighted by atomic mass is 16.8. The van der Waals surface area contributed by atoms with E-state index in [1.807, 2.05) is 0 Å². The predicted molar refractivity (Wildman–Crippen MR) is 83.6 cm³/mol. The highest BCUT2D eigenvalue weighted by molar-refractivity contribution is 5.87. The van der Waals surface area contributed by atoms with Gasteiger partial charge in [-0.15, -0.1) is 0 Å². The molecule has 2 aliphatic heterocycles. The summed E-state index contributed by atoms with van der Waals surface area (Å²) >= 11 is 0. The lowest BCUT2D eigenvalue weighted by Crippen LogP contribution is -2.61. The van der Waals surface area contributed by atoms with Crippen LogP contribution in [-0.4, -0.2) is 97.5 Å². The number of aliphatic hydroxyl groups is 6. The molecule has 1 fully saturated rings. The van der Waals surface area contributed by atoms with Gasteiger partial charge in [-0.05, 0) is 0 Å². The molecule has 3 aliphatic rings. The smallest absolute Gasteiger partial charge is 0.335 e. The number of aliphatic carboxylic acids is 1. The van der Waals surface area contributed by atoms with Gasteiger partial charge in [-0.2, -0.15) is 0 Å². The average Bonchev–Trinajstić information content (AvgIpc) is 3.01. The fourth-order valence-corrected chi connectivity index (χ4v) is 3.60. The van der Waals surface area contributed by atoms with Crippen molar-refractivity contribution in [2.75, 3.05) is 13.2 Å². The molecule has 3 rings (SSSR count). The maximum absolute atomic E-state index is 11.4. The van der Waals surface area contributed by atoms with Crippen LogP contribution in [0.2, 0.25) is 0 Å². The number of hydrogen-bond donors (Lipinski definition) is 7. The lowest BCUT2D eigenvalue weighted by atomic mass is 9.79. The molecule has 1 saturated heterocycles. The molecule has 7 N–H and O–H groups in total. The van der Waals surface area contributed by atoms with E-state index in [0.29, 0.717) is 0 Å². The number of rotatable bonds is 5. The Labute approximate surface area is 153 Å². The van der Waals surface area contributed by atoms with Gasteiger partial charge in [-0.1, -0.05) is 12.2 Å². The van der Waals surface area contributed by atoms with E-state index in [4.69, 9.17) is 14.2 Å². The highest BCUT2D eigenvalue weighted by Crippen LogP contribution is 2.45. The molecule has 9 atom stereocenters. The summed E-state index contributed by atoms with van der Waals surface area (Å²) in [7, 11) is 0. The second-order valence-corrected chi connectivity index (χ2v) is 6.78. The van der Waals surface area contributed by atoms with Crippen LogP contribution >= 0.6 is 0 Å². The van der Waals surface area contributed by atoms with Crippen LogP contribution in [0, 0.1) is 11.8 Å². The van der Waals surface area contributed by atoms with Gasteiger partial charge in [0.1, 0.15) is 30.0 Å². The zero-order chi connectivity index (χ0) is 19.9. The normalized spacial score (nSPS) is 46.5. The standard InChI is InChI=1S/C16H22O11/c17-3-8-10(19)11(20)12(21)15(26-8)27-14-9-6(1-2-16(9,24)5-18)7(4-25-14)13(22)23/h1-2,4,6,8-12,14-15,17-21,24H,3,5H2,(H,22,23)/t6?,8?,9?,10?,11?,12?,14?,15?,16-/m0/s1. The Morgan fingerprint density at radius 2 is 1.85 bits per heavy atom. The number of fused-ring (bicyclic) bond motifs is 1. The van der Waals surface area contributed by atoms with Crippen molar-refractivity contribution in [2.45, 2.75) is 42.6 Å². The summed E-state index contributed by atoms with van der Waals surface area (Å²) < 4.78 is 16.0. The third kappa shape index (κ3) is 3.37. The molecule has 1 aliphatic carbocycles. The molecule has 11 nitrogen and oxygen atoms in total. The fraction of sp³-hybridized carbons (Fsp3) is 0.688. The van der Waals surface area contributed by atoms with Crippen LogP contribution < -0.4 is 0 Å². The molecule has 0 amide bonds. The summed E-state index contributed by atoms with van der Waals surface area (Å²) in [5.74, 6) is -3.20. The summed E-state index contributed by atoms with van der Waals surface area (Å²) in [6.45, 7) is -1.40. The molecule has 0 radical (unpaired) electrons. The largest absolute Gasteiger partial charge is 0.478 e. The van der Waals surface area contributed by atoms with Crippen molar-refractivity contribution in [1.82, 2.24) is 0 Å². The Hall–Kier alpha value is -1.57. The summed E-state index contributed by atoms with van der Waals surface area (Å²) in [5, 5.41) is 68.4. The number of aliphatic hydroxyl groups excluding tert-OH is 5. The van der Waals surface area contributed by atoms with Gasteiger partial charge in [0.25, 0.3) is 0 Å². The van der Waals surface area contributed by atoms with Gasteiger partial charge in [0.15, 0.2) is 6.29 Å². The number of carboxylic acid groups (broad SMARTS) is 1. The molecule has 2 heterocycles. The first-order chi connectivity index (χ1) is 12.7. The number of allylic oxidation sites excluding steroid dienone is 1. The zero-order valence-electron chi connectivity index (χ0n) is 14.0. The monoisotopic (exact) mass is 390 g/mol. The van der Waals surface area contributed by atoms with Crippen molar-refractivity contribution in [3.8, 4) is 0 Å². The van der Waals surface area contributed by atoms with Crippen molar-refractivity contribution < 1.29 is 54.8 Å². The van der Waals surface area contributed by atoms with Crippen LogP contribution in [-0.2, 0) is 19.0 Å². The minimum Gasteiger partial charge on any atom is -0.478 e. The number of carboxylic acids is 1. The first-order valence-corrected chi connectivity index (χ1v) is 8.31. The van der Waals surface area contributed by atoms with E-state index in [-0.39, 0.29) is 5.57 Å². The van der Waals surface area contributed by atoms with E-state index in [1.54, 1.807) is 0 Å². The van der Waals surface area contributed by atoms with Crippen molar-refractivity contribution in [3.63, 3.8) is 0 Å². The highest BCUT2D eigenvalue weighted by Gasteiger charge is 2.55. The second kappa shape index (κ2) is 7.45. The minimum atomic E-state index is -1.85. The first-order valence-electron chi connectivity index (χ1n) is 8.31. The van der Waals surface area contributed by atoms with E-state index in [2.05, 4.69) is 0 Å². The maximum Gasteiger partial charge on any atom is 0.335 e. The lowest BCUT2D eigenvalue weighted by Gasteiger charge is -2.44. The summed E-state index contributed by atoms with van der Waals surface area (Å²) in [6, 6.07) is 0. The minimum absolute atomic E-state index is 0.158. The zero-order valence-corrected chi connectivity index (χ0v) is 14.0. The third-order valence-electron chi connectivity index (χ3n) is 5.15. The molecule has 0 bridgehead atoms. The molecule has 0 aromatic carbocycles. The molecular weight excluding hydrogens is 368 g/mol. The molecule has 8 unspecified atom stereocenters. The molecule has 0 saturated carbocycles. The van der Waals surface area contributed by atoms with Gasteiger partial charge in [-0.25, -0.2) is 4.79 Å². The van der Waals surface area contributed by atoms with Crippen LogP contribution in [0.4, 0.5) is 0 Å². The summed E-state index contributed by atoms with van der Waals surface area (Å²) in [5.41, 5.74) is -2.01. The Morgan fingerprint density at radius 3 is 2.44 bits per heavy atom. The van der Waals surface area contributed by atoms with E-state index < -0.39 is 73.6 Å². The number of carbonyl (C=O) groups is 1. The predicted octanol–water partition coefficient (Wildman–Crippen LogP) is -3.35. The van der Waals surface area contributed by atoms with Crippen molar-refractivity contribution in [1.29, 1.82) is 0 Å². The van der Waals surface area contributed by atoms with Crippen molar-refractivity contribution in [3.05, 3.63) is 24.0 Å². The van der Waals surface area contributed by atoms with Gasteiger partial charge >= 0.3 is 5.97 Å². The summed E-state index contributed by atoms with van der Waals surface area (Å²) in [6.07, 6.45) is -5.48. The topological polar surface area (TPSA) is 186 Å². The van der Waals surface area contributed by atoms with Crippen LogP contribution in [0.5, 0.6) is 0 Å². The molecule has 27 heavy (non-hydrogen) atoms. The second-order valence-electron chi connectivity index (χ2n) is 6.78. The Bertz CT molecular complexity index is 632. The van der Waals surface area contributed by atoms with Gasteiger partial charge in [0.2, 0.25) is 6.29 Å². The summed E-state index contributed by atoms with van der Waals surface area (Å²) in [4.78, 5) is 11.4. The van der Waals surface area contributed by atoms with Crippen LogP contribution in [0.15, 0.2) is 24.0 Å². The Kier molecular flexibility index (Phi) is 5.57. The first kappa shape index (κ1) is 20.2.